The van der Waals surface area contributed by atoms with Crippen LogP contribution >= 0.6 is 0 Å². The lowest BCUT2D eigenvalue weighted by molar-refractivity contribution is 0.561. The van der Waals surface area contributed by atoms with Crippen molar-refractivity contribution in [3.63, 3.8) is 0 Å². The fourth-order valence-electron chi connectivity index (χ4n) is 1.95. The van der Waals surface area contributed by atoms with Crippen molar-refractivity contribution < 1.29 is 4.21 Å². The minimum Gasteiger partial charge on any atom is -0.313 e. The first-order valence-electron chi connectivity index (χ1n) is 6.97. The molecule has 0 aliphatic carbocycles. The van der Waals surface area contributed by atoms with Crippen molar-refractivity contribution >= 4 is 10.8 Å². The van der Waals surface area contributed by atoms with Crippen LogP contribution in [0.25, 0.3) is 0 Å². The molecule has 0 aliphatic rings. The third kappa shape index (κ3) is 5.87. The van der Waals surface area contributed by atoms with E-state index in [1.807, 2.05) is 20.8 Å². The predicted octanol–water partition coefficient (Wildman–Crippen LogP) is 3.06. The SMILES string of the molecule is Cc1ccccc1CC(C)NCCS(=O)C(C)(C)C. The number of nitrogens with one attached hydrogen (secondary N) is 1. The fourth-order valence-corrected chi connectivity index (χ4v) is 2.86. The Kier molecular flexibility index (Phi) is 6.21. The summed E-state index contributed by atoms with van der Waals surface area (Å²) in [6, 6.07) is 8.91. The molecular formula is C16H27NOS. The first-order valence-corrected chi connectivity index (χ1v) is 8.29. The molecule has 1 N–H and O–H groups in total. The molecule has 2 nitrogen and oxygen atoms in total. The average Bonchev–Trinajstić information content (AvgIpc) is 2.31. The molecule has 0 radical (unpaired) electrons. The van der Waals surface area contributed by atoms with Crippen molar-refractivity contribution in [1.82, 2.24) is 5.32 Å². The average molecular weight is 281 g/mol. The maximum atomic E-state index is 11.9. The van der Waals surface area contributed by atoms with Gasteiger partial charge < -0.3 is 5.32 Å². The van der Waals surface area contributed by atoms with Crippen molar-refractivity contribution in [2.75, 3.05) is 12.3 Å². The maximum absolute atomic E-state index is 11.9. The summed E-state index contributed by atoms with van der Waals surface area (Å²) in [5.74, 6) is 0.724. The van der Waals surface area contributed by atoms with Crippen molar-refractivity contribution in [2.45, 2.75) is 51.8 Å². The molecular weight excluding hydrogens is 254 g/mol. The van der Waals surface area contributed by atoms with Crippen LogP contribution < -0.4 is 5.32 Å². The molecule has 0 heterocycles. The minimum atomic E-state index is -0.767. The van der Waals surface area contributed by atoms with Crippen LogP contribution in [-0.4, -0.2) is 27.3 Å². The van der Waals surface area contributed by atoms with Crippen LogP contribution in [0.5, 0.6) is 0 Å². The summed E-state index contributed by atoms with van der Waals surface area (Å²) in [5.41, 5.74) is 2.73. The van der Waals surface area contributed by atoms with Crippen molar-refractivity contribution in [2.24, 2.45) is 0 Å². The normalized spacial score (nSPS) is 15.2. The minimum absolute atomic E-state index is 0.110. The van der Waals surface area contributed by atoms with Crippen LogP contribution in [0.15, 0.2) is 24.3 Å². The van der Waals surface area contributed by atoms with Crippen LogP contribution in [-0.2, 0) is 17.2 Å². The highest BCUT2D eigenvalue weighted by Crippen LogP contribution is 2.11. The number of hydrogen-bond donors (Lipinski definition) is 1. The lowest BCUT2D eigenvalue weighted by Crippen LogP contribution is -2.34. The van der Waals surface area contributed by atoms with Gasteiger partial charge in [0.25, 0.3) is 0 Å². The van der Waals surface area contributed by atoms with Gasteiger partial charge in [-0.2, -0.15) is 0 Å². The Morgan fingerprint density at radius 2 is 1.89 bits per heavy atom. The topological polar surface area (TPSA) is 29.1 Å². The van der Waals surface area contributed by atoms with Gasteiger partial charge in [-0.1, -0.05) is 24.3 Å². The van der Waals surface area contributed by atoms with Crippen LogP contribution in [0, 0.1) is 6.92 Å². The van der Waals surface area contributed by atoms with Gasteiger partial charge in [-0.15, -0.1) is 0 Å². The summed E-state index contributed by atoms with van der Waals surface area (Å²) >= 11 is 0. The smallest absolute Gasteiger partial charge is 0.0375 e. The maximum Gasteiger partial charge on any atom is 0.0375 e. The van der Waals surface area contributed by atoms with Crippen molar-refractivity contribution in [3.8, 4) is 0 Å². The zero-order valence-corrected chi connectivity index (χ0v) is 13.6. The van der Waals surface area contributed by atoms with Crippen LogP contribution in [0.3, 0.4) is 0 Å². The molecule has 1 rings (SSSR count). The van der Waals surface area contributed by atoms with Crippen molar-refractivity contribution in [3.05, 3.63) is 35.4 Å². The van der Waals surface area contributed by atoms with Gasteiger partial charge >= 0.3 is 0 Å². The molecule has 2 atom stereocenters. The summed E-state index contributed by atoms with van der Waals surface area (Å²) in [6.45, 7) is 11.2. The monoisotopic (exact) mass is 281 g/mol. The summed E-state index contributed by atoms with van der Waals surface area (Å²) in [4.78, 5) is 0. The van der Waals surface area contributed by atoms with E-state index in [1.54, 1.807) is 0 Å². The van der Waals surface area contributed by atoms with Gasteiger partial charge in [0.1, 0.15) is 0 Å². The Bertz CT molecular complexity index is 423. The quantitative estimate of drug-likeness (QED) is 0.868. The van der Waals surface area contributed by atoms with E-state index in [1.165, 1.54) is 11.1 Å². The third-order valence-electron chi connectivity index (χ3n) is 3.25. The Balaban J connectivity index is 2.35. The molecule has 0 bridgehead atoms. The van der Waals surface area contributed by atoms with E-state index in [4.69, 9.17) is 0 Å². The second kappa shape index (κ2) is 7.20. The number of benzene rings is 1. The Morgan fingerprint density at radius 3 is 2.47 bits per heavy atom. The molecule has 19 heavy (non-hydrogen) atoms. The Morgan fingerprint density at radius 1 is 1.26 bits per heavy atom. The number of aryl methyl sites for hydroxylation is 1. The van der Waals surface area contributed by atoms with Crippen LogP contribution in [0.1, 0.15) is 38.8 Å². The van der Waals surface area contributed by atoms with E-state index in [2.05, 4.69) is 43.4 Å². The number of rotatable bonds is 6. The third-order valence-corrected chi connectivity index (χ3v) is 5.19. The summed E-state index contributed by atoms with van der Waals surface area (Å²) in [7, 11) is -0.767. The Labute approximate surface area is 120 Å². The second-order valence-corrected chi connectivity index (χ2v) is 8.47. The molecule has 0 aromatic heterocycles. The summed E-state index contributed by atoms with van der Waals surface area (Å²) in [6.07, 6.45) is 1.02. The molecule has 0 fully saturated rings. The zero-order valence-electron chi connectivity index (χ0n) is 12.8. The van der Waals surface area contributed by atoms with Gasteiger partial charge in [0.2, 0.25) is 0 Å². The lowest BCUT2D eigenvalue weighted by Gasteiger charge is -2.19. The van der Waals surface area contributed by atoms with E-state index in [9.17, 15) is 4.21 Å². The highest BCUT2D eigenvalue weighted by atomic mass is 32.2. The van der Waals surface area contributed by atoms with E-state index >= 15 is 0 Å². The Hall–Kier alpha value is -0.670. The first kappa shape index (κ1) is 16.4. The summed E-state index contributed by atoms with van der Waals surface area (Å²) in [5, 5.41) is 3.47. The van der Waals surface area contributed by atoms with E-state index in [0.29, 0.717) is 6.04 Å². The highest BCUT2D eigenvalue weighted by Gasteiger charge is 2.18. The molecule has 0 saturated carbocycles. The van der Waals surface area contributed by atoms with Crippen LogP contribution in [0.2, 0.25) is 0 Å². The van der Waals surface area contributed by atoms with Crippen molar-refractivity contribution in [1.29, 1.82) is 0 Å². The molecule has 2 unspecified atom stereocenters. The van der Waals surface area contributed by atoms with Gasteiger partial charge in [0.05, 0.1) is 0 Å². The zero-order chi connectivity index (χ0) is 14.5. The molecule has 0 aliphatic heterocycles. The van der Waals surface area contributed by atoms with Gasteiger partial charge in [-0.3, -0.25) is 4.21 Å². The van der Waals surface area contributed by atoms with Gasteiger partial charge in [-0.05, 0) is 52.2 Å². The fraction of sp³-hybridized carbons (Fsp3) is 0.625. The highest BCUT2D eigenvalue weighted by molar-refractivity contribution is 7.86. The molecule has 0 spiro atoms. The van der Waals surface area contributed by atoms with Crippen LogP contribution in [0.4, 0.5) is 0 Å². The number of hydrogen-bond acceptors (Lipinski definition) is 2. The lowest BCUT2D eigenvalue weighted by atomic mass is 10.0. The second-order valence-electron chi connectivity index (χ2n) is 6.15. The molecule has 0 saturated heterocycles. The largest absolute Gasteiger partial charge is 0.313 e. The summed E-state index contributed by atoms with van der Waals surface area (Å²) < 4.78 is 11.8. The van der Waals surface area contributed by atoms with Gasteiger partial charge in [0.15, 0.2) is 0 Å². The molecule has 108 valence electrons. The van der Waals surface area contributed by atoms with E-state index in [0.717, 1.165) is 18.7 Å². The first-order chi connectivity index (χ1) is 8.80. The predicted molar refractivity (Wildman–Crippen MR) is 85.1 cm³/mol. The molecule has 3 heteroatoms. The van der Waals surface area contributed by atoms with Gasteiger partial charge in [-0.25, -0.2) is 0 Å². The van der Waals surface area contributed by atoms with E-state index in [-0.39, 0.29) is 4.75 Å². The standard InChI is InChI=1S/C16H27NOS/c1-13-8-6-7-9-15(13)12-14(2)17-10-11-19(18)16(3,4)5/h6-9,14,17H,10-12H2,1-5H3. The molecule has 1 aromatic rings. The molecule has 1 aromatic carbocycles. The van der Waals surface area contributed by atoms with Gasteiger partial charge in [0, 0.05) is 33.9 Å². The molecule has 0 amide bonds. The van der Waals surface area contributed by atoms with E-state index < -0.39 is 10.8 Å².